The maximum absolute atomic E-state index is 12.5. The van der Waals surface area contributed by atoms with Gasteiger partial charge in [-0.25, -0.2) is 4.98 Å². The number of nitrogens with zero attached hydrogens (tertiary/aromatic N) is 1. The Morgan fingerprint density at radius 1 is 1.40 bits per heavy atom. The van der Waals surface area contributed by atoms with E-state index < -0.39 is 0 Å². The largest absolute Gasteiger partial charge is 0.385 e. The maximum atomic E-state index is 12.5. The molecular formula is C16H18N2OS. The van der Waals surface area contributed by atoms with Crippen LogP contribution in [0.4, 0.5) is 5.69 Å². The Morgan fingerprint density at radius 2 is 2.25 bits per heavy atom. The maximum Gasteiger partial charge on any atom is 0.170 e. The van der Waals surface area contributed by atoms with E-state index in [2.05, 4.69) is 23.3 Å². The summed E-state index contributed by atoms with van der Waals surface area (Å²) in [6, 6.07) is 5.97. The van der Waals surface area contributed by atoms with E-state index in [1.165, 1.54) is 10.4 Å². The second-order valence-electron chi connectivity index (χ2n) is 5.21. The van der Waals surface area contributed by atoms with E-state index in [4.69, 9.17) is 0 Å². The Labute approximate surface area is 123 Å². The van der Waals surface area contributed by atoms with Gasteiger partial charge in [-0.15, -0.1) is 11.3 Å². The van der Waals surface area contributed by atoms with Gasteiger partial charge in [0, 0.05) is 22.7 Å². The standard InChI is InChI=1S/C16H18N2OS/c1-10-11(2)20-16(18-10)9-15(19)13-5-3-7-14-12(13)6-4-8-17-14/h3,5,7,17H,4,6,8-9H2,1-2H3. The summed E-state index contributed by atoms with van der Waals surface area (Å²) < 4.78 is 0. The normalized spacial score (nSPS) is 13.7. The fraction of sp³-hybridized carbons (Fsp3) is 0.375. The number of rotatable bonds is 3. The van der Waals surface area contributed by atoms with Crippen molar-refractivity contribution in [2.24, 2.45) is 0 Å². The van der Waals surface area contributed by atoms with Crippen molar-refractivity contribution in [3.05, 3.63) is 44.9 Å². The minimum Gasteiger partial charge on any atom is -0.385 e. The molecule has 0 unspecified atom stereocenters. The summed E-state index contributed by atoms with van der Waals surface area (Å²) >= 11 is 1.63. The van der Waals surface area contributed by atoms with Crippen LogP contribution in [0.3, 0.4) is 0 Å². The summed E-state index contributed by atoms with van der Waals surface area (Å²) in [6.45, 7) is 5.04. The van der Waals surface area contributed by atoms with Crippen LogP contribution in [0.1, 0.15) is 37.9 Å². The van der Waals surface area contributed by atoms with Gasteiger partial charge in [-0.1, -0.05) is 12.1 Å². The van der Waals surface area contributed by atoms with E-state index in [-0.39, 0.29) is 5.78 Å². The van der Waals surface area contributed by atoms with E-state index >= 15 is 0 Å². The molecule has 0 atom stereocenters. The Morgan fingerprint density at radius 3 is 3.00 bits per heavy atom. The molecule has 3 nitrogen and oxygen atoms in total. The van der Waals surface area contributed by atoms with Gasteiger partial charge in [-0.3, -0.25) is 4.79 Å². The lowest BCUT2D eigenvalue weighted by Crippen LogP contribution is -2.16. The molecule has 0 aliphatic carbocycles. The van der Waals surface area contributed by atoms with Crippen LogP contribution in [0.5, 0.6) is 0 Å². The van der Waals surface area contributed by atoms with E-state index in [0.717, 1.165) is 41.3 Å². The van der Waals surface area contributed by atoms with Gasteiger partial charge in [-0.2, -0.15) is 0 Å². The zero-order valence-corrected chi connectivity index (χ0v) is 12.6. The molecule has 0 bridgehead atoms. The summed E-state index contributed by atoms with van der Waals surface area (Å²) in [4.78, 5) is 18.2. The molecule has 1 aromatic carbocycles. The summed E-state index contributed by atoms with van der Waals surface area (Å²) in [6.07, 6.45) is 2.49. The van der Waals surface area contributed by atoms with E-state index in [0.29, 0.717) is 6.42 Å². The predicted molar refractivity (Wildman–Crippen MR) is 82.9 cm³/mol. The van der Waals surface area contributed by atoms with Gasteiger partial charge in [0.15, 0.2) is 5.78 Å². The van der Waals surface area contributed by atoms with Crippen LogP contribution in [-0.2, 0) is 12.8 Å². The van der Waals surface area contributed by atoms with Gasteiger partial charge >= 0.3 is 0 Å². The molecule has 0 saturated heterocycles. The Balaban J connectivity index is 1.87. The zero-order chi connectivity index (χ0) is 14.1. The van der Waals surface area contributed by atoms with Gasteiger partial charge in [0.05, 0.1) is 12.1 Å². The molecule has 2 heterocycles. The molecule has 0 spiro atoms. The van der Waals surface area contributed by atoms with Gasteiger partial charge in [0.1, 0.15) is 5.01 Å². The number of Topliss-reactive ketones (excluding diaryl/α,β-unsaturated/α-hetero) is 1. The molecule has 0 radical (unpaired) electrons. The number of ketones is 1. The lowest BCUT2D eigenvalue weighted by Gasteiger charge is -2.20. The number of fused-ring (bicyclic) bond motifs is 1. The zero-order valence-electron chi connectivity index (χ0n) is 11.8. The molecule has 0 amide bonds. The Kier molecular flexibility index (Phi) is 3.57. The van der Waals surface area contributed by atoms with Crippen molar-refractivity contribution in [3.63, 3.8) is 0 Å². The van der Waals surface area contributed by atoms with Crippen LogP contribution in [0.2, 0.25) is 0 Å². The topological polar surface area (TPSA) is 42.0 Å². The quantitative estimate of drug-likeness (QED) is 0.877. The number of hydrogen-bond acceptors (Lipinski definition) is 4. The summed E-state index contributed by atoms with van der Waals surface area (Å²) in [5, 5.41) is 4.29. The molecule has 1 aromatic heterocycles. The van der Waals surface area contributed by atoms with Crippen LogP contribution in [-0.4, -0.2) is 17.3 Å². The third-order valence-electron chi connectivity index (χ3n) is 3.78. The van der Waals surface area contributed by atoms with Crippen molar-refractivity contribution in [1.29, 1.82) is 0 Å². The predicted octanol–water partition coefficient (Wildman–Crippen LogP) is 3.54. The minimum atomic E-state index is 0.180. The van der Waals surface area contributed by atoms with Crippen LogP contribution < -0.4 is 5.32 Å². The monoisotopic (exact) mass is 286 g/mol. The molecule has 1 N–H and O–H groups in total. The number of aryl methyl sites for hydroxylation is 2. The minimum absolute atomic E-state index is 0.180. The fourth-order valence-corrected chi connectivity index (χ4v) is 3.55. The molecule has 2 aromatic rings. The van der Waals surface area contributed by atoms with Gasteiger partial charge in [0.2, 0.25) is 0 Å². The molecular weight excluding hydrogens is 268 g/mol. The van der Waals surface area contributed by atoms with Gasteiger partial charge in [-0.05, 0) is 38.3 Å². The average molecular weight is 286 g/mol. The summed E-state index contributed by atoms with van der Waals surface area (Å²) in [5.41, 5.74) is 4.19. The van der Waals surface area contributed by atoms with E-state index in [9.17, 15) is 4.79 Å². The highest BCUT2D eigenvalue weighted by molar-refractivity contribution is 7.11. The van der Waals surface area contributed by atoms with Crippen molar-refractivity contribution >= 4 is 22.8 Å². The van der Waals surface area contributed by atoms with Crippen LogP contribution >= 0.6 is 11.3 Å². The van der Waals surface area contributed by atoms with E-state index in [1.54, 1.807) is 11.3 Å². The lowest BCUT2D eigenvalue weighted by molar-refractivity contribution is 0.0992. The smallest absolute Gasteiger partial charge is 0.170 e. The molecule has 0 saturated carbocycles. The number of hydrogen-bond donors (Lipinski definition) is 1. The third-order valence-corrected chi connectivity index (χ3v) is 4.85. The van der Waals surface area contributed by atoms with Crippen LogP contribution in [0.15, 0.2) is 18.2 Å². The first-order chi connectivity index (χ1) is 9.65. The third kappa shape index (κ3) is 2.48. The number of benzene rings is 1. The number of carbonyl (C=O) groups excluding carboxylic acids is 1. The Hall–Kier alpha value is -1.68. The highest BCUT2D eigenvalue weighted by atomic mass is 32.1. The number of thiazole rings is 1. The first kappa shape index (κ1) is 13.3. The number of anilines is 1. The molecule has 0 fully saturated rings. The number of nitrogens with one attached hydrogen (secondary N) is 1. The highest BCUT2D eigenvalue weighted by Gasteiger charge is 2.18. The molecule has 4 heteroatoms. The van der Waals surface area contributed by atoms with Crippen molar-refractivity contribution in [3.8, 4) is 0 Å². The number of carbonyl (C=O) groups is 1. The van der Waals surface area contributed by atoms with Crippen LogP contribution in [0.25, 0.3) is 0 Å². The van der Waals surface area contributed by atoms with Crippen molar-refractivity contribution in [2.75, 3.05) is 11.9 Å². The first-order valence-corrected chi connectivity index (χ1v) is 7.78. The first-order valence-electron chi connectivity index (χ1n) is 6.97. The molecule has 1 aliphatic rings. The van der Waals surface area contributed by atoms with Crippen molar-refractivity contribution in [1.82, 2.24) is 4.98 Å². The molecule has 20 heavy (non-hydrogen) atoms. The average Bonchev–Trinajstić information content (AvgIpc) is 2.76. The SMILES string of the molecule is Cc1nc(CC(=O)c2cccc3c2CCCN3)sc1C. The second-order valence-corrected chi connectivity index (χ2v) is 6.50. The van der Waals surface area contributed by atoms with E-state index in [1.807, 2.05) is 19.1 Å². The lowest BCUT2D eigenvalue weighted by atomic mass is 9.94. The number of aromatic nitrogens is 1. The Bertz CT molecular complexity index is 641. The fourth-order valence-electron chi connectivity index (χ4n) is 2.62. The van der Waals surface area contributed by atoms with Crippen molar-refractivity contribution in [2.45, 2.75) is 33.1 Å². The summed E-state index contributed by atoms with van der Waals surface area (Å²) in [7, 11) is 0. The van der Waals surface area contributed by atoms with Gasteiger partial charge in [0.25, 0.3) is 0 Å². The van der Waals surface area contributed by atoms with Crippen molar-refractivity contribution < 1.29 is 4.79 Å². The van der Waals surface area contributed by atoms with Crippen LogP contribution in [0, 0.1) is 13.8 Å². The second kappa shape index (κ2) is 5.37. The van der Waals surface area contributed by atoms with Gasteiger partial charge < -0.3 is 5.32 Å². The highest BCUT2D eigenvalue weighted by Crippen LogP contribution is 2.27. The molecule has 1 aliphatic heterocycles. The summed E-state index contributed by atoms with van der Waals surface area (Å²) in [5.74, 6) is 0.180. The molecule has 104 valence electrons. The molecule has 3 rings (SSSR count).